The molecule has 22 heavy (non-hydrogen) atoms. The number of benzene rings is 1. The molecular weight excluding hydrogens is 280 g/mol. The van der Waals surface area contributed by atoms with E-state index in [0.717, 1.165) is 29.3 Å². The third-order valence-corrected chi connectivity index (χ3v) is 4.27. The Labute approximate surface area is 128 Å². The summed E-state index contributed by atoms with van der Waals surface area (Å²) >= 11 is 0. The van der Waals surface area contributed by atoms with Crippen LogP contribution in [0, 0.1) is 5.92 Å². The van der Waals surface area contributed by atoms with Crippen molar-refractivity contribution in [3.05, 3.63) is 30.0 Å². The number of piperidine rings is 1. The van der Waals surface area contributed by atoms with Crippen molar-refractivity contribution in [2.24, 2.45) is 18.7 Å². The normalized spacial score (nSPS) is 18.6. The Morgan fingerprint density at radius 2 is 2.23 bits per heavy atom. The zero-order chi connectivity index (χ0) is 15.7. The Morgan fingerprint density at radius 1 is 1.41 bits per heavy atom. The summed E-state index contributed by atoms with van der Waals surface area (Å²) in [5.41, 5.74) is 7.23. The molecule has 0 spiro atoms. The van der Waals surface area contributed by atoms with Crippen LogP contribution >= 0.6 is 0 Å². The van der Waals surface area contributed by atoms with Crippen LogP contribution in [0.15, 0.2) is 24.4 Å². The topological polar surface area (TPSA) is 81.2 Å². The Balaban J connectivity index is 1.77. The SMILES string of the molecule is Cn1cc2c(CC(=O)N3CCC[C@H](C(N)=O)C3)cccc2n1. The third-order valence-electron chi connectivity index (χ3n) is 4.27. The number of hydrogen-bond donors (Lipinski definition) is 1. The first-order chi connectivity index (χ1) is 10.5. The molecule has 1 atom stereocenters. The molecule has 2 N–H and O–H groups in total. The van der Waals surface area contributed by atoms with Gasteiger partial charge in [0.2, 0.25) is 11.8 Å². The molecule has 1 aromatic carbocycles. The maximum absolute atomic E-state index is 12.5. The highest BCUT2D eigenvalue weighted by Crippen LogP contribution is 2.21. The molecule has 3 rings (SSSR count). The van der Waals surface area contributed by atoms with Crippen LogP contribution in [-0.2, 0) is 23.1 Å². The summed E-state index contributed by atoms with van der Waals surface area (Å²) in [6, 6.07) is 5.81. The molecule has 1 aliphatic heterocycles. The summed E-state index contributed by atoms with van der Waals surface area (Å²) in [6.45, 7) is 1.14. The van der Waals surface area contributed by atoms with Gasteiger partial charge in [0.1, 0.15) is 0 Å². The lowest BCUT2D eigenvalue weighted by Gasteiger charge is -2.31. The van der Waals surface area contributed by atoms with Crippen molar-refractivity contribution >= 4 is 22.7 Å². The van der Waals surface area contributed by atoms with Gasteiger partial charge in [-0.1, -0.05) is 12.1 Å². The third kappa shape index (κ3) is 2.81. The molecule has 6 heteroatoms. The fourth-order valence-corrected chi connectivity index (χ4v) is 3.09. The Hall–Kier alpha value is -2.37. The minimum absolute atomic E-state index is 0.0438. The summed E-state index contributed by atoms with van der Waals surface area (Å²) in [6.07, 6.45) is 3.86. The van der Waals surface area contributed by atoms with Gasteiger partial charge < -0.3 is 10.6 Å². The average Bonchev–Trinajstić information content (AvgIpc) is 2.88. The summed E-state index contributed by atoms with van der Waals surface area (Å²) in [4.78, 5) is 25.6. The first-order valence-corrected chi connectivity index (χ1v) is 7.53. The molecule has 1 aromatic heterocycles. The second-order valence-electron chi connectivity index (χ2n) is 5.91. The van der Waals surface area contributed by atoms with Crippen LogP contribution in [0.25, 0.3) is 10.9 Å². The van der Waals surface area contributed by atoms with E-state index in [9.17, 15) is 9.59 Å². The number of amides is 2. The molecule has 1 saturated heterocycles. The maximum Gasteiger partial charge on any atom is 0.227 e. The Bertz CT molecular complexity index is 722. The number of hydrogen-bond acceptors (Lipinski definition) is 3. The van der Waals surface area contributed by atoms with Gasteiger partial charge in [-0.25, -0.2) is 0 Å². The van der Waals surface area contributed by atoms with Gasteiger partial charge in [-0.3, -0.25) is 14.3 Å². The maximum atomic E-state index is 12.5. The molecule has 1 fully saturated rings. The second-order valence-corrected chi connectivity index (χ2v) is 5.91. The van der Waals surface area contributed by atoms with E-state index >= 15 is 0 Å². The van der Waals surface area contributed by atoms with Crippen molar-refractivity contribution in [3.8, 4) is 0 Å². The standard InChI is InChI=1S/C16H20N4O2/c1-19-10-13-11(4-2-6-14(13)18-19)8-15(21)20-7-3-5-12(9-20)16(17)22/h2,4,6,10,12H,3,5,7-9H2,1H3,(H2,17,22)/t12-/m0/s1. The number of fused-ring (bicyclic) bond motifs is 1. The summed E-state index contributed by atoms with van der Waals surface area (Å²) in [5.74, 6) is -0.485. The lowest BCUT2D eigenvalue weighted by Crippen LogP contribution is -2.44. The molecule has 116 valence electrons. The van der Waals surface area contributed by atoms with E-state index in [2.05, 4.69) is 5.10 Å². The zero-order valence-corrected chi connectivity index (χ0v) is 12.7. The van der Waals surface area contributed by atoms with E-state index in [1.807, 2.05) is 31.4 Å². The monoisotopic (exact) mass is 300 g/mol. The van der Waals surface area contributed by atoms with Gasteiger partial charge in [0.15, 0.2) is 0 Å². The number of aryl methyl sites for hydroxylation is 1. The number of primary amides is 1. The molecule has 2 aromatic rings. The van der Waals surface area contributed by atoms with Crippen LogP contribution in [0.2, 0.25) is 0 Å². The Morgan fingerprint density at radius 3 is 3.00 bits per heavy atom. The van der Waals surface area contributed by atoms with Crippen molar-refractivity contribution in [2.45, 2.75) is 19.3 Å². The molecule has 0 saturated carbocycles. The quantitative estimate of drug-likeness (QED) is 0.912. The predicted octanol–water partition coefficient (Wildman–Crippen LogP) is 0.840. The van der Waals surface area contributed by atoms with Crippen LogP contribution in [0.3, 0.4) is 0 Å². The molecule has 1 aliphatic rings. The highest BCUT2D eigenvalue weighted by Gasteiger charge is 2.27. The van der Waals surface area contributed by atoms with Gasteiger partial charge in [-0.2, -0.15) is 5.10 Å². The van der Waals surface area contributed by atoms with E-state index in [4.69, 9.17) is 5.73 Å². The van der Waals surface area contributed by atoms with E-state index in [0.29, 0.717) is 19.5 Å². The number of rotatable bonds is 3. The summed E-state index contributed by atoms with van der Waals surface area (Å²) in [5, 5.41) is 5.36. The van der Waals surface area contributed by atoms with Gasteiger partial charge >= 0.3 is 0 Å². The molecular formula is C16H20N4O2. The van der Waals surface area contributed by atoms with Crippen molar-refractivity contribution in [1.29, 1.82) is 0 Å². The number of nitrogens with zero attached hydrogens (tertiary/aromatic N) is 3. The van der Waals surface area contributed by atoms with Crippen molar-refractivity contribution < 1.29 is 9.59 Å². The lowest BCUT2D eigenvalue weighted by molar-refractivity contribution is -0.134. The average molecular weight is 300 g/mol. The molecule has 0 unspecified atom stereocenters. The van der Waals surface area contributed by atoms with Crippen LogP contribution < -0.4 is 5.73 Å². The Kier molecular flexibility index (Phi) is 3.83. The molecule has 2 heterocycles. The molecule has 2 amide bonds. The highest BCUT2D eigenvalue weighted by molar-refractivity contribution is 5.88. The summed E-state index contributed by atoms with van der Waals surface area (Å²) in [7, 11) is 1.87. The highest BCUT2D eigenvalue weighted by atomic mass is 16.2. The van der Waals surface area contributed by atoms with Gasteiger partial charge in [0.25, 0.3) is 0 Å². The predicted molar refractivity (Wildman–Crippen MR) is 82.9 cm³/mol. The van der Waals surface area contributed by atoms with E-state index in [-0.39, 0.29) is 17.7 Å². The van der Waals surface area contributed by atoms with Crippen molar-refractivity contribution in [3.63, 3.8) is 0 Å². The number of likely N-dealkylation sites (tertiary alicyclic amines) is 1. The number of carbonyl (C=O) groups excluding carboxylic acids is 2. The van der Waals surface area contributed by atoms with Gasteiger partial charge in [-0.05, 0) is 24.5 Å². The largest absolute Gasteiger partial charge is 0.369 e. The smallest absolute Gasteiger partial charge is 0.227 e. The zero-order valence-electron chi connectivity index (χ0n) is 12.7. The number of carbonyl (C=O) groups is 2. The second kappa shape index (κ2) is 5.79. The van der Waals surface area contributed by atoms with Crippen LogP contribution in [-0.4, -0.2) is 39.6 Å². The summed E-state index contributed by atoms with van der Waals surface area (Å²) < 4.78 is 1.75. The first kappa shape index (κ1) is 14.6. The van der Waals surface area contributed by atoms with Crippen molar-refractivity contribution in [1.82, 2.24) is 14.7 Å². The fraction of sp³-hybridized carbons (Fsp3) is 0.438. The van der Waals surface area contributed by atoms with Crippen molar-refractivity contribution in [2.75, 3.05) is 13.1 Å². The van der Waals surface area contributed by atoms with Gasteiger partial charge in [-0.15, -0.1) is 0 Å². The van der Waals surface area contributed by atoms with E-state index in [1.165, 1.54) is 0 Å². The minimum Gasteiger partial charge on any atom is -0.369 e. The van der Waals surface area contributed by atoms with E-state index < -0.39 is 0 Å². The molecule has 0 radical (unpaired) electrons. The van der Waals surface area contributed by atoms with Crippen LogP contribution in [0.1, 0.15) is 18.4 Å². The lowest BCUT2D eigenvalue weighted by atomic mass is 9.96. The number of aromatic nitrogens is 2. The van der Waals surface area contributed by atoms with Crippen LogP contribution in [0.4, 0.5) is 0 Å². The van der Waals surface area contributed by atoms with Crippen LogP contribution in [0.5, 0.6) is 0 Å². The van der Waals surface area contributed by atoms with Gasteiger partial charge in [0.05, 0.1) is 17.9 Å². The fourth-order valence-electron chi connectivity index (χ4n) is 3.09. The van der Waals surface area contributed by atoms with E-state index in [1.54, 1.807) is 9.58 Å². The first-order valence-electron chi connectivity index (χ1n) is 7.53. The minimum atomic E-state index is -0.313. The number of nitrogens with two attached hydrogens (primary N) is 1. The molecule has 0 aliphatic carbocycles. The molecule has 6 nitrogen and oxygen atoms in total. The molecule has 0 bridgehead atoms. The van der Waals surface area contributed by atoms with Gasteiger partial charge in [0, 0.05) is 31.7 Å².